The zero-order valence-corrected chi connectivity index (χ0v) is 21.3. The van der Waals surface area contributed by atoms with E-state index in [1.54, 1.807) is 0 Å². The lowest BCUT2D eigenvalue weighted by Gasteiger charge is -2.20. The van der Waals surface area contributed by atoms with Gasteiger partial charge >= 0.3 is 6.03 Å². The number of aryl methyl sites for hydroxylation is 1. The third-order valence-electron chi connectivity index (χ3n) is 5.74. The van der Waals surface area contributed by atoms with Crippen LogP contribution in [0.3, 0.4) is 0 Å². The number of carbonyl (C=O) groups excluding carboxylic acids is 1. The second-order valence-corrected chi connectivity index (χ2v) is 10.6. The van der Waals surface area contributed by atoms with Crippen LogP contribution in [0.1, 0.15) is 33.1 Å². The Bertz CT molecular complexity index is 1230. The lowest BCUT2D eigenvalue weighted by atomic mass is 10.1. The molecule has 2 amide bonds. The van der Waals surface area contributed by atoms with Gasteiger partial charge in [-0.2, -0.15) is 0 Å². The van der Waals surface area contributed by atoms with Crippen molar-refractivity contribution in [3.8, 4) is 11.5 Å². The number of amides is 2. The highest BCUT2D eigenvalue weighted by atomic mass is 79.9. The van der Waals surface area contributed by atoms with Crippen LogP contribution in [0.4, 0.5) is 10.6 Å². The summed E-state index contributed by atoms with van der Waals surface area (Å²) in [6.07, 6.45) is 4.45. The molecular weight excluding hydrogens is 522 g/mol. The number of fused-ring (bicyclic) bond motifs is 2. The van der Waals surface area contributed by atoms with Crippen LogP contribution in [0.5, 0.6) is 11.5 Å². The molecule has 4 N–H and O–H groups in total. The number of hydrogen-bond donors (Lipinski definition) is 3. The van der Waals surface area contributed by atoms with Gasteiger partial charge in [-0.1, -0.05) is 11.8 Å². The maximum Gasteiger partial charge on any atom is 0.315 e. The lowest BCUT2D eigenvalue weighted by Crippen LogP contribution is -2.45. The number of rotatable bonds is 8. The average molecular weight is 548 g/mol. The third-order valence-corrected chi connectivity index (χ3v) is 7.72. The van der Waals surface area contributed by atoms with Crippen molar-refractivity contribution in [3.05, 3.63) is 22.9 Å². The molecule has 1 aliphatic heterocycles. The molecule has 1 aliphatic carbocycles. The molecule has 5 rings (SSSR count). The number of hydrogen-bond acceptors (Lipinski definition) is 8. The van der Waals surface area contributed by atoms with Crippen molar-refractivity contribution in [2.24, 2.45) is 5.92 Å². The zero-order valence-electron chi connectivity index (χ0n) is 18.9. The van der Waals surface area contributed by atoms with Crippen molar-refractivity contribution in [3.63, 3.8) is 0 Å². The Labute approximate surface area is 209 Å². The SMILES string of the molecule is CC(C)NC(=O)NC(CCn1c(Sc2cc3c(cc2Br)OCO3)nc2c(N)ncnc21)C1CC1. The number of nitrogens with one attached hydrogen (secondary N) is 2. The first kappa shape index (κ1) is 23.0. The van der Waals surface area contributed by atoms with Crippen molar-refractivity contribution in [2.75, 3.05) is 12.5 Å². The maximum absolute atomic E-state index is 12.3. The van der Waals surface area contributed by atoms with Crippen LogP contribution in [-0.4, -0.2) is 44.4 Å². The Morgan fingerprint density at radius 3 is 2.76 bits per heavy atom. The van der Waals surface area contributed by atoms with Crippen LogP contribution < -0.4 is 25.8 Å². The minimum atomic E-state index is -0.132. The van der Waals surface area contributed by atoms with E-state index in [2.05, 4.69) is 36.5 Å². The number of ether oxygens (including phenoxy) is 2. The summed E-state index contributed by atoms with van der Waals surface area (Å²) < 4.78 is 13.9. The van der Waals surface area contributed by atoms with E-state index in [0.717, 1.165) is 33.8 Å². The Hall–Kier alpha value is -2.73. The normalized spacial score (nSPS) is 15.6. The van der Waals surface area contributed by atoms with Crippen LogP contribution in [-0.2, 0) is 6.54 Å². The predicted molar refractivity (Wildman–Crippen MR) is 132 cm³/mol. The second-order valence-electron chi connectivity index (χ2n) is 8.72. The van der Waals surface area contributed by atoms with Gasteiger partial charge in [-0.15, -0.1) is 0 Å². The van der Waals surface area contributed by atoms with Crippen molar-refractivity contribution < 1.29 is 14.3 Å². The number of anilines is 1. The summed E-state index contributed by atoms with van der Waals surface area (Å²) in [5.41, 5.74) is 7.35. The smallest absolute Gasteiger partial charge is 0.315 e. The van der Waals surface area contributed by atoms with Gasteiger partial charge in [-0.3, -0.25) is 0 Å². The topological polar surface area (TPSA) is 129 Å². The molecule has 180 valence electrons. The summed E-state index contributed by atoms with van der Waals surface area (Å²) >= 11 is 5.11. The first-order valence-electron chi connectivity index (χ1n) is 11.2. The van der Waals surface area contributed by atoms with Crippen molar-refractivity contribution >= 4 is 50.7 Å². The first-order valence-corrected chi connectivity index (χ1v) is 12.8. The molecule has 3 heterocycles. The van der Waals surface area contributed by atoms with Crippen molar-refractivity contribution in [2.45, 2.75) is 61.8 Å². The number of carbonyl (C=O) groups is 1. The van der Waals surface area contributed by atoms with Crippen molar-refractivity contribution in [1.82, 2.24) is 30.2 Å². The third kappa shape index (κ3) is 4.88. The molecule has 0 spiro atoms. The summed E-state index contributed by atoms with van der Waals surface area (Å²) in [6, 6.07) is 3.85. The van der Waals surface area contributed by atoms with E-state index in [0.29, 0.717) is 40.9 Å². The van der Waals surface area contributed by atoms with Crippen LogP contribution in [0.15, 0.2) is 33.0 Å². The van der Waals surface area contributed by atoms with Gasteiger partial charge < -0.3 is 30.4 Å². The van der Waals surface area contributed by atoms with E-state index >= 15 is 0 Å². The number of nitrogens with two attached hydrogens (primary N) is 1. The van der Waals surface area contributed by atoms with Gasteiger partial charge in [-0.05, 0) is 67.1 Å². The van der Waals surface area contributed by atoms with Gasteiger partial charge in [-0.25, -0.2) is 19.7 Å². The predicted octanol–water partition coefficient (Wildman–Crippen LogP) is 3.93. The van der Waals surface area contributed by atoms with E-state index < -0.39 is 0 Å². The molecule has 10 nitrogen and oxygen atoms in total. The summed E-state index contributed by atoms with van der Waals surface area (Å²) in [4.78, 5) is 26.6. The second kappa shape index (κ2) is 9.49. The summed E-state index contributed by atoms with van der Waals surface area (Å²) in [7, 11) is 0. The number of imidazole rings is 1. The number of urea groups is 1. The van der Waals surface area contributed by atoms with Gasteiger partial charge in [0.1, 0.15) is 6.33 Å². The molecule has 0 saturated heterocycles. The van der Waals surface area contributed by atoms with E-state index in [9.17, 15) is 4.79 Å². The minimum Gasteiger partial charge on any atom is -0.454 e. The highest BCUT2D eigenvalue weighted by Gasteiger charge is 2.32. The molecule has 1 aromatic carbocycles. The molecule has 0 radical (unpaired) electrons. The fourth-order valence-electron chi connectivity index (χ4n) is 3.95. The number of aromatic nitrogens is 4. The minimum absolute atomic E-state index is 0.0745. The van der Waals surface area contributed by atoms with Crippen LogP contribution in [0.2, 0.25) is 0 Å². The zero-order chi connectivity index (χ0) is 23.8. The molecule has 3 aromatic rings. The summed E-state index contributed by atoms with van der Waals surface area (Å²) in [6.45, 7) is 4.73. The Morgan fingerprint density at radius 1 is 1.26 bits per heavy atom. The highest BCUT2D eigenvalue weighted by Crippen LogP contribution is 2.43. The highest BCUT2D eigenvalue weighted by molar-refractivity contribution is 9.10. The van der Waals surface area contributed by atoms with Crippen LogP contribution >= 0.6 is 27.7 Å². The van der Waals surface area contributed by atoms with E-state index in [1.165, 1.54) is 18.1 Å². The fourth-order valence-corrected chi connectivity index (χ4v) is 5.46. The molecule has 12 heteroatoms. The van der Waals surface area contributed by atoms with Gasteiger partial charge in [0.2, 0.25) is 6.79 Å². The first-order chi connectivity index (χ1) is 16.4. The standard InChI is InChI=1S/C22H26BrN7O3S/c1-11(2)27-21(31)28-14(12-3-4-12)5-6-30-20-18(19(24)25-9-26-20)29-22(30)34-17-8-16-15(7-13(17)23)32-10-33-16/h7-9,11-12,14H,3-6,10H2,1-2H3,(H2,24,25,26)(H2,27,28,31). The molecule has 34 heavy (non-hydrogen) atoms. The van der Waals surface area contributed by atoms with E-state index in [4.69, 9.17) is 20.2 Å². The van der Waals surface area contributed by atoms with Crippen molar-refractivity contribution in [1.29, 1.82) is 0 Å². The summed E-state index contributed by atoms with van der Waals surface area (Å²) in [5, 5.41) is 6.81. The van der Waals surface area contributed by atoms with Crippen LogP contribution in [0.25, 0.3) is 11.2 Å². The fraction of sp³-hybridized carbons (Fsp3) is 0.455. The van der Waals surface area contributed by atoms with Gasteiger partial charge in [0.25, 0.3) is 0 Å². The number of nitrogens with zero attached hydrogens (tertiary/aromatic N) is 4. The molecule has 1 unspecified atom stereocenters. The summed E-state index contributed by atoms with van der Waals surface area (Å²) in [5.74, 6) is 2.23. The molecule has 2 aromatic heterocycles. The largest absolute Gasteiger partial charge is 0.454 e. The number of benzene rings is 1. The van der Waals surface area contributed by atoms with Gasteiger partial charge in [0.05, 0.1) is 0 Å². The van der Waals surface area contributed by atoms with E-state index in [-0.39, 0.29) is 24.9 Å². The van der Waals surface area contributed by atoms with E-state index in [1.807, 2.05) is 30.5 Å². The lowest BCUT2D eigenvalue weighted by molar-refractivity contribution is 0.174. The maximum atomic E-state index is 12.3. The average Bonchev–Trinajstić information content (AvgIpc) is 3.43. The number of halogens is 1. The monoisotopic (exact) mass is 547 g/mol. The Balaban J connectivity index is 1.42. The molecule has 1 fully saturated rings. The molecule has 0 bridgehead atoms. The molecule has 1 saturated carbocycles. The van der Waals surface area contributed by atoms with Crippen LogP contribution in [0, 0.1) is 5.92 Å². The van der Waals surface area contributed by atoms with Gasteiger partial charge in [0.15, 0.2) is 33.6 Å². The quantitative estimate of drug-likeness (QED) is 0.386. The number of nitrogen functional groups attached to an aromatic ring is 1. The van der Waals surface area contributed by atoms with Gasteiger partial charge in [0, 0.05) is 28.0 Å². The Kier molecular flexibility index (Phi) is 6.43. The Morgan fingerprint density at radius 2 is 2.03 bits per heavy atom. The molecule has 1 atom stereocenters. The molecular formula is C22H26BrN7O3S. The molecule has 2 aliphatic rings.